The highest BCUT2D eigenvalue weighted by Crippen LogP contribution is 2.15. The molecule has 0 amide bonds. The first-order chi connectivity index (χ1) is 9.12. The molecule has 1 atom stereocenters. The normalized spacial score (nSPS) is 21.8. The van der Waals surface area contributed by atoms with Crippen molar-refractivity contribution in [2.45, 2.75) is 33.0 Å². The van der Waals surface area contributed by atoms with E-state index in [1.54, 1.807) is 6.07 Å². The molecule has 1 aliphatic heterocycles. The van der Waals surface area contributed by atoms with Crippen molar-refractivity contribution in [3.05, 3.63) is 35.1 Å². The zero-order valence-corrected chi connectivity index (χ0v) is 11.9. The van der Waals surface area contributed by atoms with Gasteiger partial charge in [-0.15, -0.1) is 0 Å². The monoisotopic (exact) mass is 265 g/mol. The fraction of sp³-hybridized carbons (Fsp3) is 0.600. The van der Waals surface area contributed by atoms with Crippen molar-refractivity contribution in [2.24, 2.45) is 5.73 Å². The number of nitrogens with zero attached hydrogens (tertiary/aromatic N) is 2. The van der Waals surface area contributed by atoms with Gasteiger partial charge in [-0.3, -0.25) is 9.80 Å². The van der Waals surface area contributed by atoms with Gasteiger partial charge in [-0.25, -0.2) is 4.39 Å². The van der Waals surface area contributed by atoms with E-state index in [9.17, 15) is 4.39 Å². The van der Waals surface area contributed by atoms with Crippen molar-refractivity contribution in [3.63, 3.8) is 0 Å². The standard InChI is InChI=1S/C15H24FN3/c1-3-19-5-4-18(10-12(19)2)11-14-6-13(9-17)7-15(16)8-14/h6-8,12H,3-5,9-11,17H2,1-2H3. The number of hydrogen-bond donors (Lipinski definition) is 1. The van der Waals surface area contributed by atoms with Gasteiger partial charge in [0.15, 0.2) is 0 Å². The van der Waals surface area contributed by atoms with Crippen LogP contribution in [0.1, 0.15) is 25.0 Å². The van der Waals surface area contributed by atoms with Crippen LogP contribution in [-0.4, -0.2) is 42.0 Å². The Labute approximate surface area is 115 Å². The predicted molar refractivity (Wildman–Crippen MR) is 76.3 cm³/mol. The highest BCUT2D eigenvalue weighted by molar-refractivity contribution is 5.24. The van der Waals surface area contributed by atoms with Crippen LogP contribution in [0.4, 0.5) is 4.39 Å². The van der Waals surface area contributed by atoms with Crippen LogP contribution < -0.4 is 5.73 Å². The van der Waals surface area contributed by atoms with E-state index < -0.39 is 0 Å². The molecule has 106 valence electrons. The van der Waals surface area contributed by atoms with Gasteiger partial charge in [0, 0.05) is 38.8 Å². The van der Waals surface area contributed by atoms with Crippen LogP contribution in [0, 0.1) is 5.82 Å². The summed E-state index contributed by atoms with van der Waals surface area (Å²) < 4.78 is 13.5. The first-order valence-corrected chi connectivity index (χ1v) is 7.07. The minimum Gasteiger partial charge on any atom is -0.326 e. The summed E-state index contributed by atoms with van der Waals surface area (Å²) in [5.41, 5.74) is 7.49. The van der Waals surface area contributed by atoms with E-state index in [1.165, 1.54) is 6.07 Å². The zero-order chi connectivity index (χ0) is 13.8. The van der Waals surface area contributed by atoms with Crippen molar-refractivity contribution in [1.29, 1.82) is 0 Å². The third-order valence-electron chi connectivity index (χ3n) is 3.91. The molecule has 0 bridgehead atoms. The summed E-state index contributed by atoms with van der Waals surface area (Å²) >= 11 is 0. The maximum atomic E-state index is 13.5. The Balaban J connectivity index is 2.00. The summed E-state index contributed by atoms with van der Waals surface area (Å²) in [6, 6.07) is 5.72. The lowest BCUT2D eigenvalue weighted by molar-refractivity contribution is 0.0834. The molecule has 1 aliphatic rings. The highest BCUT2D eigenvalue weighted by atomic mass is 19.1. The van der Waals surface area contributed by atoms with Crippen LogP contribution in [0.15, 0.2) is 18.2 Å². The molecule has 1 fully saturated rings. The topological polar surface area (TPSA) is 32.5 Å². The van der Waals surface area contributed by atoms with Crippen molar-refractivity contribution >= 4 is 0 Å². The smallest absolute Gasteiger partial charge is 0.123 e. The average Bonchev–Trinajstić information content (AvgIpc) is 2.38. The summed E-state index contributed by atoms with van der Waals surface area (Å²) in [5.74, 6) is -0.182. The highest BCUT2D eigenvalue weighted by Gasteiger charge is 2.22. The second kappa shape index (κ2) is 6.46. The Bertz CT molecular complexity index is 422. The zero-order valence-electron chi connectivity index (χ0n) is 11.9. The van der Waals surface area contributed by atoms with E-state index in [1.807, 2.05) is 6.07 Å². The maximum absolute atomic E-state index is 13.5. The number of rotatable bonds is 4. The van der Waals surface area contributed by atoms with Gasteiger partial charge < -0.3 is 5.73 Å². The van der Waals surface area contributed by atoms with E-state index in [4.69, 9.17) is 5.73 Å². The van der Waals surface area contributed by atoms with Crippen molar-refractivity contribution in [2.75, 3.05) is 26.2 Å². The third-order valence-corrected chi connectivity index (χ3v) is 3.91. The molecule has 1 unspecified atom stereocenters. The molecule has 1 aromatic carbocycles. The van der Waals surface area contributed by atoms with Crippen LogP contribution in [0.5, 0.6) is 0 Å². The van der Waals surface area contributed by atoms with Gasteiger partial charge in [0.2, 0.25) is 0 Å². The second-order valence-corrected chi connectivity index (χ2v) is 5.38. The van der Waals surface area contributed by atoms with Crippen LogP contribution in [-0.2, 0) is 13.1 Å². The third kappa shape index (κ3) is 3.75. The molecule has 1 saturated heterocycles. The van der Waals surface area contributed by atoms with E-state index >= 15 is 0 Å². The molecule has 0 aromatic heterocycles. The minimum absolute atomic E-state index is 0.182. The van der Waals surface area contributed by atoms with Crippen LogP contribution in [0.25, 0.3) is 0 Å². The second-order valence-electron chi connectivity index (χ2n) is 5.38. The average molecular weight is 265 g/mol. The van der Waals surface area contributed by atoms with Crippen molar-refractivity contribution in [1.82, 2.24) is 9.80 Å². The quantitative estimate of drug-likeness (QED) is 0.901. The van der Waals surface area contributed by atoms with E-state index in [-0.39, 0.29) is 5.82 Å². The Hall–Kier alpha value is -0.970. The van der Waals surface area contributed by atoms with E-state index in [0.29, 0.717) is 12.6 Å². The van der Waals surface area contributed by atoms with Gasteiger partial charge in [-0.05, 0) is 36.7 Å². The molecule has 3 nitrogen and oxygen atoms in total. The first kappa shape index (κ1) is 14.4. The van der Waals surface area contributed by atoms with Gasteiger partial charge >= 0.3 is 0 Å². The summed E-state index contributed by atoms with van der Waals surface area (Å²) in [7, 11) is 0. The largest absolute Gasteiger partial charge is 0.326 e. The number of benzene rings is 1. The SMILES string of the molecule is CCN1CCN(Cc2cc(F)cc(CN)c2)CC1C. The molecule has 1 heterocycles. The Morgan fingerprint density at radius 2 is 2.00 bits per heavy atom. The Kier molecular flexibility index (Phi) is 4.91. The van der Waals surface area contributed by atoms with Gasteiger partial charge in [-0.1, -0.05) is 13.0 Å². The molecular weight excluding hydrogens is 241 g/mol. The molecule has 2 N–H and O–H groups in total. The molecule has 1 aromatic rings. The molecular formula is C15H24FN3. The van der Waals surface area contributed by atoms with Gasteiger partial charge in [0.1, 0.15) is 5.82 Å². The van der Waals surface area contributed by atoms with Gasteiger partial charge in [0.25, 0.3) is 0 Å². The number of halogens is 1. The molecule has 0 radical (unpaired) electrons. The fourth-order valence-corrected chi connectivity index (χ4v) is 2.87. The molecule has 19 heavy (non-hydrogen) atoms. The molecule has 0 spiro atoms. The van der Waals surface area contributed by atoms with E-state index in [2.05, 4.69) is 23.6 Å². The molecule has 0 saturated carbocycles. The molecule has 2 rings (SSSR count). The summed E-state index contributed by atoms with van der Waals surface area (Å²) in [6.45, 7) is 9.95. The number of piperazine rings is 1. The lowest BCUT2D eigenvalue weighted by Crippen LogP contribution is -2.51. The van der Waals surface area contributed by atoms with E-state index in [0.717, 1.165) is 43.9 Å². The molecule has 0 aliphatic carbocycles. The predicted octanol–water partition coefficient (Wildman–Crippen LogP) is 1.81. The Morgan fingerprint density at radius 1 is 1.26 bits per heavy atom. The van der Waals surface area contributed by atoms with Crippen LogP contribution in [0.2, 0.25) is 0 Å². The lowest BCUT2D eigenvalue weighted by atomic mass is 10.1. The van der Waals surface area contributed by atoms with Crippen molar-refractivity contribution in [3.8, 4) is 0 Å². The first-order valence-electron chi connectivity index (χ1n) is 7.07. The summed E-state index contributed by atoms with van der Waals surface area (Å²) in [6.07, 6.45) is 0. The van der Waals surface area contributed by atoms with Gasteiger partial charge in [0.05, 0.1) is 0 Å². The van der Waals surface area contributed by atoms with Crippen molar-refractivity contribution < 1.29 is 4.39 Å². The fourth-order valence-electron chi connectivity index (χ4n) is 2.87. The minimum atomic E-state index is -0.182. The van der Waals surface area contributed by atoms with Crippen LogP contribution in [0.3, 0.4) is 0 Å². The molecule has 4 heteroatoms. The maximum Gasteiger partial charge on any atom is 0.123 e. The summed E-state index contributed by atoms with van der Waals surface area (Å²) in [4.78, 5) is 4.87. The number of nitrogens with two attached hydrogens (primary N) is 1. The van der Waals surface area contributed by atoms with Crippen LogP contribution >= 0.6 is 0 Å². The number of hydrogen-bond acceptors (Lipinski definition) is 3. The van der Waals surface area contributed by atoms with Gasteiger partial charge in [-0.2, -0.15) is 0 Å². The Morgan fingerprint density at radius 3 is 2.63 bits per heavy atom. The lowest BCUT2D eigenvalue weighted by Gasteiger charge is -2.39. The number of likely N-dealkylation sites (N-methyl/N-ethyl adjacent to an activating group) is 1. The summed E-state index contributed by atoms with van der Waals surface area (Å²) in [5, 5.41) is 0.